The Balaban J connectivity index is 1.48. The van der Waals surface area contributed by atoms with E-state index >= 15 is 0 Å². The molecule has 1 saturated heterocycles. The lowest BCUT2D eigenvalue weighted by molar-refractivity contribution is -0.275. The maximum atomic E-state index is 14.2. The van der Waals surface area contributed by atoms with Crippen molar-refractivity contribution in [2.24, 2.45) is 5.16 Å². The Kier molecular flexibility index (Phi) is 7.07. The van der Waals surface area contributed by atoms with E-state index in [-0.39, 0.29) is 40.2 Å². The molecule has 2 aliphatic heterocycles. The third-order valence-corrected chi connectivity index (χ3v) is 6.48. The molecular formula is C24H23Cl2F3N2O4. The Morgan fingerprint density at radius 1 is 1.11 bits per heavy atom. The Morgan fingerprint density at radius 3 is 2.37 bits per heavy atom. The van der Waals surface area contributed by atoms with Crippen LogP contribution in [0.25, 0.3) is 0 Å². The van der Waals surface area contributed by atoms with E-state index in [9.17, 15) is 18.0 Å². The number of carbonyl (C=O) groups excluding carboxylic acids is 1. The van der Waals surface area contributed by atoms with Crippen LogP contribution in [0.1, 0.15) is 42.0 Å². The topological polar surface area (TPSA) is 69.2 Å². The molecule has 4 rings (SSSR count). The van der Waals surface area contributed by atoms with Crippen LogP contribution in [-0.2, 0) is 31.3 Å². The van der Waals surface area contributed by atoms with Crippen LogP contribution in [0.3, 0.4) is 0 Å². The zero-order chi connectivity index (χ0) is 25.4. The number of nitrogens with zero attached hydrogens (tertiary/aromatic N) is 1. The lowest BCUT2D eigenvalue weighted by Gasteiger charge is -2.29. The Labute approximate surface area is 210 Å². The van der Waals surface area contributed by atoms with Gasteiger partial charge in [0.05, 0.1) is 25.3 Å². The van der Waals surface area contributed by atoms with Gasteiger partial charge in [-0.1, -0.05) is 40.5 Å². The zero-order valence-electron chi connectivity index (χ0n) is 19.0. The molecule has 1 atom stereocenters. The molecule has 0 bridgehead atoms. The second-order valence-electron chi connectivity index (χ2n) is 8.71. The quantitative estimate of drug-likeness (QED) is 0.523. The van der Waals surface area contributed by atoms with Crippen molar-refractivity contribution in [1.29, 1.82) is 0 Å². The van der Waals surface area contributed by atoms with E-state index in [0.717, 1.165) is 11.1 Å². The minimum Gasteiger partial charge on any atom is -0.374 e. The van der Waals surface area contributed by atoms with Gasteiger partial charge in [0.25, 0.3) is 5.60 Å². The van der Waals surface area contributed by atoms with Crippen molar-refractivity contribution in [3.05, 3.63) is 68.7 Å². The molecular weight excluding hydrogens is 508 g/mol. The van der Waals surface area contributed by atoms with Crippen LogP contribution in [-0.4, -0.2) is 36.8 Å². The molecule has 2 aromatic carbocycles. The van der Waals surface area contributed by atoms with E-state index in [1.54, 1.807) is 32.0 Å². The Morgan fingerprint density at radius 2 is 1.77 bits per heavy atom. The number of hydrogen-bond acceptors (Lipinski definition) is 5. The third-order valence-electron chi connectivity index (χ3n) is 6.05. The first kappa shape index (κ1) is 25.8. The molecule has 1 amide bonds. The molecule has 0 saturated carbocycles. The largest absolute Gasteiger partial charge is 0.435 e. The molecule has 1 fully saturated rings. The molecule has 2 aromatic rings. The summed E-state index contributed by atoms with van der Waals surface area (Å²) in [4.78, 5) is 17.3. The first-order chi connectivity index (χ1) is 16.4. The number of ether oxygens (including phenoxy) is 2. The Hall–Kier alpha value is -2.33. The van der Waals surface area contributed by atoms with Crippen LogP contribution >= 0.6 is 23.2 Å². The lowest BCUT2D eigenvalue weighted by atomic mass is 9.86. The van der Waals surface area contributed by atoms with Gasteiger partial charge >= 0.3 is 6.18 Å². The number of amides is 1. The van der Waals surface area contributed by atoms with Gasteiger partial charge in [0.15, 0.2) is 5.79 Å². The SMILES string of the molecule is Cc1cc(C2=NOC(c3cc(Cl)cc(Cl)c3)(C(F)(F)F)C2)ccc1CNC(=O)CC1(C)OCCO1. The summed E-state index contributed by atoms with van der Waals surface area (Å²) in [5, 5.41) is 6.73. The molecule has 6 nitrogen and oxygen atoms in total. The summed E-state index contributed by atoms with van der Waals surface area (Å²) in [6.07, 6.45) is -5.25. The summed E-state index contributed by atoms with van der Waals surface area (Å²) in [6, 6.07) is 8.81. The van der Waals surface area contributed by atoms with Gasteiger partial charge in [-0.15, -0.1) is 0 Å². The van der Waals surface area contributed by atoms with E-state index in [0.29, 0.717) is 18.8 Å². The molecule has 2 aliphatic rings. The van der Waals surface area contributed by atoms with Crippen LogP contribution in [0.15, 0.2) is 41.6 Å². The molecule has 0 aliphatic carbocycles. The van der Waals surface area contributed by atoms with Crippen LogP contribution in [0.2, 0.25) is 10.0 Å². The number of hydrogen-bond donors (Lipinski definition) is 1. The van der Waals surface area contributed by atoms with Gasteiger partial charge in [0.1, 0.15) is 0 Å². The maximum absolute atomic E-state index is 14.2. The van der Waals surface area contributed by atoms with Crippen molar-refractivity contribution < 1.29 is 32.3 Å². The number of carbonyl (C=O) groups is 1. The highest BCUT2D eigenvalue weighted by molar-refractivity contribution is 6.34. The minimum absolute atomic E-state index is 0.0608. The lowest BCUT2D eigenvalue weighted by Crippen LogP contribution is -2.42. The second-order valence-corrected chi connectivity index (χ2v) is 9.59. The van der Waals surface area contributed by atoms with Crippen molar-refractivity contribution in [3.63, 3.8) is 0 Å². The number of aryl methyl sites for hydroxylation is 1. The fourth-order valence-electron chi connectivity index (χ4n) is 4.13. The third kappa shape index (κ3) is 5.43. The summed E-state index contributed by atoms with van der Waals surface area (Å²) in [6.45, 7) is 4.65. The molecule has 2 heterocycles. The standard InChI is InChI=1S/C24H23Cl2F3N2O4/c1-14-7-15(3-4-16(14)13-30-21(32)12-22(2)33-5-6-34-22)20-11-23(35-31-20,24(27,28)29)17-8-18(25)10-19(26)9-17/h3-4,7-10H,5-6,11-13H2,1-2H3,(H,30,32). The molecule has 188 valence electrons. The van der Waals surface area contributed by atoms with Gasteiger partial charge in [-0.05, 0) is 54.8 Å². The normalized spacial score (nSPS) is 21.5. The van der Waals surface area contributed by atoms with Gasteiger partial charge in [0.2, 0.25) is 5.91 Å². The molecule has 0 radical (unpaired) electrons. The van der Waals surface area contributed by atoms with Gasteiger partial charge in [0, 0.05) is 28.6 Å². The first-order valence-electron chi connectivity index (χ1n) is 10.8. The van der Waals surface area contributed by atoms with Crippen molar-refractivity contribution in [2.75, 3.05) is 13.2 Å². The van der Waals surface area contributed by atoms with E-state index < -0.39 is 24.0 Å². The average Bonchev–Trinajstić information content (AvgIpc) is 3.39. The minimum atomic E-state index is -4.77. The van der Waals surface area contributed by atoms with Gasteiger partial charge in [-0.2, -0.15) is 13.2 Å². The highest BCUT2D eigenvalue weighted by Gasteiger charge is 2.62. The second kappa shape index (κ2) is 9.61. The molecule has 1 N–H and O–H groups in total. The summed E-state index contributed by atoms with van der Waals surface area (Å²) >= 11 is 11.9. The number of rotatable bonds is 6. The maximum Gasteiger partial charge on any atom is 0.435 e. The fourth-order valence-corrected chi connectivity index (χ4v) is 4.65. The monoisotopic (exact) mass is 530 g/mol. The highest BCUT2D eigenvalue weighted by atomic mass is 35.5. The fraction of sp³-hybridized carbons (Fsp3) is 0.417. The molecule has 0 spiro atoms. The summed E-state index contributed by atoms with van der Waals surface area (Å²) in [5.74, 6) is -1.16. The number of alkyl halides is 3. The smallest absolute Gasteiger partial charge is 0.374 e. The Bertz CT molecular complexity index is 1150. The van der Waals surface area contributed by atoms with Gasteiger partial charge in [-0.3, -0.25) is 4.79 Å². The van der Waals surface area contributed by atoms with Crippen molar-refractivity contribution >= 4 is 34.8 Å². The van der Waals surface area contributed by atoms with E-state index in [1.807, 2.05) is 0 Å². The first-order valence-corrected chi connectivity index (χ1v) is 11.6. The van der Waals surface area contributed by atoms with Crippen molar-refractivity contribution in [3.8, 4) is 0 Å². The number of halogens is 5. The molecule has 1 unspecified atom stereocenters. The van der Waals surface area contributed by atoms with Crippen LogP contribution in [0.5, 0.6) is 0 Å². The number of oxime groups is 1. The highest BCUT2D eigenvalue weighted by Crippen LogP contribution is 2.49. The summed E-state index contributed by atoms with van der Waals surface area (Å²) in [5.41, 5.74) is -0.708. The van der Waals surface area contributed by atoms with Crippen molar-refractivity contribution in [1.82, 2.24) is 5.32 Å². The van der Waals surface area contributed by atoms with E-state index in [4.69, 9.17) is 37.5 Å². The van der Waals surface area contributed by atoms with Crippen LogP contribution < -0.4 is 5.32 Å². The van der Waals surface area contributed by atoms with Gasteiger partial charge in [-0.25, -0.2) is 0 Å². The molecule has 35 heavy (non-hydrogen) atoms. The molecule has 11 heteroatoms. The van der Waals surface area contributed by atoms with Crippen LogP contribution in [0, 0.1) is 6.92 Å². The van der Waals surface area contributed by atoms with Gasteiger partial charge < -0.3 is 19.6 Å². The zero-order valence-corrected chi connectivity index (χ0v) is 20.5. The van der Waals surface area contributed by atoms with Crippen LogP contribution in [0.4, 0.5) is 13.2 Å². The predicted molar refractivity (Wildman–Crippen MR) is 124 cm³/mol. The van der Waals surface area contributed by atoms with Crippen molar-refractivity contribution in [2.45, 2.75) is 50.8 Å². The van der Waals surface area contributed by atoms with E-state index in [2.05, 4.69) is 10.5 Å². The average molecular weight is 531 g/mol. The summed E-state index contributed by atoms with van der Waals surface area (Å²) < 4.78 is 53.5. The number of benzene rings is 2. The summed E-state index contributed by atoms with van der Waals surface area (Å²) in [7, 11) is 0. The predicted octanol–water partition coefficient (Wildman–Crippen LogP) is 5.65. The number of nitrogens with one attached hydrogen (secondary N) is 1. The van der Waals surface area contributed by atoms with E-state index in [1.165, 1.54) is 18.2 Å². The molecule has 0 aromatic heterocycles.